The minimum absolute atomic E-state index is 0.0552. The normalized spacial score (nSPS) is 13.9. The lowest BCUT2D eigenvalue weighted by Gasteiger charge is -2.12. The van der Waals surface area contributed by atoms with Crippen molar-refractivity contribution in [1.29, 1.82) is 0 Å². The molecule has 0 aliphatic heterocycles. The average molecular weight is 294 g/mol. The number of hydrogen-bond acceptors (Lipinski definition) is 3. The first-order valence-corrected chi connectivity index (χ1v) is 7.55. The van der Waals surface area contributed by atoms with Crippen molar-refractivity contribution in [2.45, 2.75) is 30.2 Å². The van der Waals surface area contributed by atoms with Gasteiger partial charge in [0, 0.05) is 6.54 Å². The number of likely N-dealkylation sites (N-methyl/N-ethyl adjacent to an activating group) is 1. The summed E-state index contributed by atoms with van der Waals surface area (Å²) >= 11 is 5.94. The fraction of sp³-hybridized carbons (Fsp3) is 0.500. The summed E-state index contributed by atoms with van der Waals surface area (Å²) in [6, 6.07) is 4.21. The summed E-state index contributed by atoms with van der Waals surface area (Å²) < 4.78 is 37.6. The molecule has 0 aliphatic carbocycles. The van der Waals surface area contributed by atoms with Crippen molar-refractivity contribution < 1.29 is 12.8 Å². The van der Waals surface area contributed by atoms with Crippen molar-refractivity contribution in [1.82, 2.24) is 5.32 Å². The van der Waals surface area contributed by atoms with Crippen LogP contribution in [-0.2, 0) is 9.84 Å². The average Bonchev–Trinajstić information content (AvgIpc) is 2.28. The van der Waals surface area contributed by atoms with Gasteiger partial charge in [-0.25, -0.2) is 12.8 Å². The maximum atomic E-state index is 13.6. The van der Waals surface area contributed by atoms with Crippen molar-refractivity contribution >= 4 is 21.4 Å². The molecule has 1 N–H and O–H groups in total. The zero-order valence-corrected chi connectivity index (χ0v) is 12.1. The first-order chi connectivity index (χ1) is 8.30. The summed E-state index contributed by atoms with van der Waals surface area (Å²) in [5.41, 5.74) is 0.372. The third kappa shape index (κ3) is 3.22. The highest BCUT2D eigenvalue weighted by molar-refractivity contribution is 7.92. The van der Waals surface area contributed by atoms with E-state index in [-0.39, 0.29) is 16.5 Å². The molecule has 6 heteroatoms. The fourth-order valence-electron chi connectivity index (χ4n) is 1.49. The smallest absolute Gasteiger partial charge is 0.182 e. The van der Waals surface area contributed by atoms with Crippen LogP contribution < -0.4 is 5.32 Å². The lowest BCUT2D eigenvalue weighted by molar-refractivity contribution is 0.335. The number of benzene rings is 1. The molecule has 1 aromatic rings. The lowest BCUT2D eigenvalue weighted by Crippen LogP contribution is -2.16. The van der Waals surface area contributed by atoms with Crippen molar-refractivity contribution in [2.75, 3.05) is 13.6 Å². The number of rotatable bonds is 5. The van der Waals surface area contributed by atoms with Gasteiger partial charge in [-0.15, -0.1) is 0 Å². The molecule has 0 radical (unpaired) electrons. The lowest BCUT2D eigenvalue weighted by atomic mass is 10.1. The number of sulfone groups is 1. The third-order valence-corrected chi connectivity index (χ3v) is 5.26. The maximum absolute atomic E-state index is 13.6. The van der Waals surface area contributed by atoms with E-state index in [1.165, 1.54) is 18.2 Å². The Morgan fingerprint density at radius 3 is 2.44 bits per heavy atom. The van der Waals surface area contributed by atoms with E-state index in [2.05, 4.69) is 5.32 Å². The van der Waals surface area contributed by atoms with Gasteiger partial charge in [-0.05, 0) is 38.6 Å². The van der Waals surface area contributed by atoms with Gasteiger partial charge in [0.15, 0.2) is 9.84 Å². The molecule has 0 heterocycles. The minimum Gasteiger partial charge on any atom is -0.317 e. The van der Waals surface area contributed by atoms with E-state index in [0.717, 1.165) is 0 Å². The predicted molar refractivity (Wildman–Crippen MR) is 71.5 cm³/mol. The van der Waals surface area contributed by atoms with Gasteiger partial charge in [-0.2, -0.15) is 0 Å². The van der Waals surface area contributed by atoms with Crippen LogP contribution >= 0.6 is 11.6 Å². The highest BCUT2D eigenvalue weighted by atomic mass is 35.5. The highest BCUT2D eigenvalue weighted by Gasteiger charge is 2.23. The van der Waals surface area contributed by atoms with Gasteiger partial charge in [0.25, 0.3) is 0 Å². The summed E-state index contributed by atoms with van der Waals surface area (Å²) in [5.74, 6) is 0. The molecule has 102 valence electrons. The molecule has 0 spiro atoms. The van der Waals surface area contributed by atoms with Crippen molar-refractivity contribution in [3.63, 3.8) is 0 Å². The van der Waals surface area contributed by atoms with Gasteiger partial charge in [0.2, 0.25) is 0 Å². The Balaban J connectivity index is 3.15. The van der Waals surface area contributed by atoms with E-state index in [1.54, 1.807) is 20.9 Å². The third-order valence-electron chi connectivity index (χ3n) is 2.63. The first-order valence-electron chi connectivity index (χ1n) is 5.62. The number of hydrogen-bond donors (Lipinski definition) is 1. The summed E-state index contributed by atoms with van der Waals surface area (Å²) in [5, 5.41) is 2.23. The maximum Gasteiger partial charge on any atom is 0.182 e. The molecule has 0 saturated heterocycles. The van der Waals surface area contributed by atoms with E-state index in [9.17, 15) is 12.8 Å². The minimum atomic E-state index is -3.43. The van der Waals surface area contributed by atoms with Crippen LogP contribution in [-0.4, -0.2) is 27.3 Å². The van der Waals surface area contributed by atoms with Gasteiger partial charge in [-0.1, -0.05) is 17.7 Å². The standard InChI is InChI=1S/C12H17ClFNO2S/c1-8(2)18(16,17)12-5-4-9(6-10(12)13)11(14)7-15-3/h4-6,8,11,15H,7H2,1-3H3. The van der Waals surface area contributed by atoms with Crippen molar-refractivity contribution in [3.05, 3.63) is 28.8 Å². The van der Waals surface area contributed by atoms with Crippen LogP contribution in [0.4, 0.5) is 4.39 Å². The Bertz CT molecular complexity index is 517. The zero-order chi connectivity index (χ0) is 13.9. The van der Waals surface area contributed by atoms with E-state index in [0.29, 0.717) is 5.56 Å². The topological polar surface area (TPSA) is 46.2 Å². The molecule has 18 heavy (non-hydrogen) atoms. The molecule has 1 rings (SSSR count). The Morgan fingerprint density at radius 1 is 1.39 bits per heavy atom. The van der Waals surface area contributed by atoms with Gasteiger partial charge < -0.3 is 5.32 Å². The molecule has 1 atom stereocenters. The van der Waals surface area contributed by atoms with E-state index < -0.39 is 21.3 Å². The zero-order valence-electron chi connectivity index (χ0n) is 10.6. The van der Waals surface area contributed by atoms with Crippen LogP contribution in [0.15, 0.2) is 23.1 Å². The molecular weight excluding hydrogens is 277 g/mol. The number of alkyl halides is 1. The molecule has 0 amide bonds. The van der Waals surface area contributed by atoms with Gasteiger partial charge >= 0.3 is 0 Å². The van der Waals surface area contributed by atoms with Crippen molar-refractivity contribution in [3.8, 4) is 0 Å². The SMILES string of the molecule is CNCC(F)c1ccc(S(=O)(=O)C(C)C)c(Cl)c1. The van der Waals surface area contributed by atoms with Crippen LogP contribution in [0.2, 0.25) is 5.02 Å². The van der Waals surface area contributed by atoms with Crippen LogP contribution in [0.25, 0.3) is 0 Å². The molecule has 1 unspecified atom stereocenters. The molecule has 0 fully saturated rings. The van der Waals surface area contributed by atoms with E-state index >= 15 is 0 Å². The fourth-order valence-corrected chi connectivity index (χ4v) is 3.10. The Labute approximate surface area is 112 Å². The number of halogens is 2. The van der Waals surface area contributed by atoms with Gasteiger partial charge in [-0.3, -0.25) is 0 Å². The van der Waals surface area contributed by atoms with Crippen LogP contribution in [0, 0.1) is 0 Å². The molecule has 0 bridgehead atoms. The van der Waals surface area contributed by atoms with E-state index in [1.807, 2.05) is 0 Å². The quantitative estimate of drug-likeness (QED) is 0.908. The van der Waals surface area contributed by atoms with Crippen LogP contribution in [0.5, 0.6) is 0 Å². The second kappa shape index (κ2) is 5.99. The second-order valence-electron chi connectivity index (χ2n) is 4.31. The summed E-state index contributed by atoms with van der Waals surface area (Å²) in [4.78, 5) is 0.0552. The van der Waals surface area contributed by atoms with Crippen LogP contribution in [0.1, 0.15) is 25.6 Å². The summed E-state index contributed by atoms with van der Waals surface area (Å²) in [6.45, 7) is 3.32. The summed E-state index contributed by atoms with van der Waals surface area (Å²) in [6.07, 6.45) is -1.21. The Morgan fingerprint density at radius 2 is 2.00 bits per heavy atom. The summed E-state index contributed by atoms with van der Waals surface area (Å²) in [7, 11) is -1.79. The molecule has 3 nitrogen and oxygen atoms in total. The van der Waals surface area contributed by atoms with Crippen molar-refractivity contribution in [2.24, 2.45) is 0 Å². The molecular formula is C12H17ClFNO2S. The predicted octanol–water partition coefficient (Wildman–Crippen LogP) is 2.75. The first kappa shape index (κ1) is 15.4. The second-order valence-corrected chi connectivity index (χ2v) is 7.19. The Kier molecular flexibility index (Phi) is 5.13. The molecule has 1 aromatic carbocycles. The largest absolute Gasteiger partial charge is 0.317 e. The van der Waals surface area contributed by atoms with E-state index in [4.69, 9.17) is 11.6 Å². The van der Waals surface area contributed by atoms with Crippen LogP contribution in [0.3, 0.4) is 0 Å². The molecule has 0 aromatic heterocycles. The monoisotopic (exact) mass is 293 g/mol. The van der Waals surface area contributed by atoms with Gasteiger partial charge in [0.1, 0.15) is 6.17 Å². The molecule has 0 saturated carbocycles. The van der Waals surface area contributed by atoms with Gasteiger partial charge in [0.05, 0.1) is 15.2 Å². The number of nitrogens with one attached hydrogen (secondary N) is 1. The Hall–Kier alpha value is -0.650. The molecule has 0 aliphatic rings. The highest BCUT2D eigenvalue weighted by Crippen LogP contribution is 2.29.